The summed E-state index contributed by atoms with van der Waals surface area (Å²) in [6.07, 6.45) is -10.7. The van der Waals surface area contributed by atoms with Crippen LogP contribution in [0.1, 0.15) is 37.2 Å². The van der Waals surface area contributed by atoms with E-state index in [0.717, 1.165) is 33.0 Å². The van der Waals surface area contributed by atoms with Gasteiger partial charge in [0.15, 0.2) is 40.6 Å². The third kappa shape index (κ3) is 21.1. The number of phosphoric ester groups is 2. The number of hydrogen-bond donors (Lipinski definition) is 13. The van der Waals surface area contributed by atoms with Crippen molar-refractivity contribution in [2.75, 3.05) is 37.0 Å². The number of aromatic nitrogens is 9. The lowest BCUT2D eigenvalue weighted by Crippen LogP contribution is -2.34. The molecule has 2 fully saturated rings. The Morgan fingerprint density at radius 3 is 1.46 bits per heavy atom. The zero-order valence-electron chi connectivity index (χ0n) is 45.6. The van der Waals surface area contributed by atoms with Crippen LogP contribution in [0.3, 0.4) is 0 Å². The Balaban J connectivity index is 0.000000279. The second-order valence-corrected chi connectivity index (χ2v) is 27.0. The lowest BCUT2D eigenvalue weighted by Gasteiger charge is -2.34. The number of phosphoric acid groups is 2. The Kier molecular flexibility index (Phi) is 26.4. The van der Waals surface area contributed by atoms with E-state index in [1.807, 2.05) is 31.3 Å². The van der Waals surface area contributed by atoms with E-state index in [4.69, 9.17) is 40.3 Å². The second kappa shape index (κ2) is 31.4. The number of ether oxygens (including phenoxy) is 2. The quantitative estimate of drug-likeness (QED) is 0.0280. The van der Waals surface area contributed by atoms with E-state index in [9.17, 15) is 101 Å². The number of aromatic amines is 2. The molecular weight excluding hydrogens is 1370 g/mol. The summed E-state index contributed by atoms with van der Waals surface area (Å²) in [6, 6.07) is 14.3. The van der Waals surface area contributed by atoms with Gasteiger partial charge in [0.2, 0.25) is 42.9 Å². The number of hydrogen-bond acceptors (Lipinski definition) is 37. The standard InChI is InChI=1S/2C10H17N6O13P3.C9H7NO3.C9H11NO.CO2.CH4/c2*11-10-13-7-4(8(19)14-10)12-2-16(7)9-6(18)5(17)3(28-9)1-27-32(25,26)29-31(23,24)15-30(20,21)22;1-10-7-5-3-2-4-6(7)8(11)13-9(10)12;1-7(11)8-5-3-4-6-9(8)10-2;2-1-3;/h2*2-3,5-6,9,17-18H,1H2,(H,25,26)(H3,11,13,14,19)(H4,15,20,21,22,23,24);2-5H,1H3;3-6,10H,1-2H3;;1H4/p-6/t2*3-,5?,6+,9-;;;;/m11..../s1. The maximum absolute atomic E-state index is 11.8. The molecule has 15 N–H and O–H groups in total. The molecule has 0 aliphatic carbocycles. The van der Waals surface area contributed by atoms with Gasteiger partial charge < -0.3 is 99.3 Å². The average molecular weight is 1420 g/mol. The molecule has 0 radical (unpaired) electrons. The molecule has 7 aromatic rings. The highest BCUT2D eigenvalue weighted by molar-refractivity contribution is 7.69. The first-order chi connectivity index (χ1) is 42.0. The van der Waals surface area contributed by atoms with Gasteiger partial charge in [0.1, 0.15) is 36.6 Å². The van der Waals surface area contributed by atoms with Gasteiger partial charge in [-0.15, -0.1) is 0 Å². The first kappa shape index (κ1) is 77.6. The van der Waals surface area contributed by atoms with Gasteiger partial charge in [-0.2, -0.15) is 29.3 Å². The van der Waals surface area contributed by atoms with Crippen LogP contribution >= 0.6 is 46.6 Å². The van der Waals surface area contributed by atoms with Crippen molar-refractivity contribution >= 4 is 109 Å². The molecule has 0 spiro atoms. The molecule has 2 aliphatic rings. The number of carbonyl (C=O) groups is 1. The minimum Gasteiger partial charge on any atom is -0.766 e. The highest BCUT2D eigenvalue weighted by Gasteiger charge is 2.46. The van der Waals surface area contributed by atoms with E-state index in [0.29, 0.717) is 20.6 Å². The number of benzene rings is 2. The Bertz CT molecular complexity index is 4180. The summed E-state index contributed by atoms with van der Waals surface area (Å²) in [5, 5.41) is 44.1. The minimum absolute atomic E-state index is 0. The monoisotopic (exact) mass is 1420 g/mol. The first-order valence-electron chi connectivity index (χ1n) is 24.0. The van der Waals surface area contributed by atoms with Crippen molar-refractivity contribution < 1.29 is 133 Å². The van der Waals surface area contributed by atoms with Crippen molar-refractivity contribution in [2.24, 2.45) is 7.05 Å². The van der Waals surface area contributed by atoms with Gasteiger partial charge in [-0.1, -0.05) is 31.7 Å². The fourth-order valence-electron chi connectivity index (χ4n) is 7.69. The molecule has 5 aromatic heterocycles. The number of anilines is 3. The normalized spacial score (nSPS) is 23.2. The number of fused-ring (bicyclic) bond motifs is 3. The third-order valence-electron chi connectivity index (χ3n) is 11.3. The third-order valence-corrected chi connectivity index (χ3v) is 19.6. The molecule has 2 saturated heterocycles. The highest BCUT2D eigenvalue weighted by atomic mass is 31.3. The van der Waals surface area contributed by atoms with Crippen molar-refractivity contribution in [2.45, 2.75) is 63.4 Å². The smallest absolute Gasteiger partial charge is 0.422 e. The fourth-order valence-corrected chi connectivity index (χ4v) is 14.3. The maximum Gasteiger partial charge on any atom is 0.422 e. The van der Waals surface area contributed by atoms with Crippen molar-refractivity contribution in [1.82, 2.24) is 53.3 Å². The molecule has 7 heterocycles. The molecule has 0 amide bonds. The van der Waals surface area contributed by atoms with Gasteiger partial charge in [-0.05, 0) is 31.2 Å². The van der Waals surface area contributed by atoms with Crippen LogP contribution < -0.4 is 78.4 Å². The average Bonchev–Trinajstić information content (AvgIpc) is 1.61. The van der Waals surface area contributed by atoms with E-state index < -0.39 is 131 Å². The number of nitrogens with one attached hydrogen (secondary N) is 5. The minimum atomic E-state index is -5.86. The van der Waals surface area contributed by atoms with Crippen LogP contribution in [-0.4, -0.2) is 143 Å². The summed E-state index contributed by atoms with van der Waals surface area (Å²) in [7, 11) is -31.2. The largest absolute Gasteiger partial charge is 0.766 e. The number of carbonyl (C=O) groups excluding carboxylic acids is 3. The van der Waals surface area contributed by atoms with Crippen LogP contribution in [-0.2, 0) is 71.2 Å². The van der Waals surface area contributed by atoms with Crippen LogP contribution in [0.5, 0.6) is 0 Å². The number of H-pyrrole nitrogens is 2. The molecule has 2 aliphatic heterocycles. The van der Waals surface area contributed by atoms with Gasteiger partial charge in [0, 0.05) is 25.3 Å². The summed E-state index contributed by atoms with van der Waals surface area (Å²) >= 11 is 0. The topological polar surface area (TPSA) is 736 Å². The van der Waals surface area contributed by atoms with Gasteiger partial charge >= 0.3 is 17.5 Å². The number of ketones is 1. The van der Waals surface area contributed by atoms with Crippen LogP contribution in [0.25, 0.3) is 33.2 Å². The Morgan fingerprint density at radius 2 is 1.08 bits per heavy atom. The van der Waals surface area contributed by atoms with Crippen LogP contribution in [0.2, 0.25) is 0 Å². The van der Waals surface area contributed by atoms with E-state index in [1.54, 1.807) is 38.2 Å². The van der Waals surface area contributed by atoms with Gasteiger partial charge in [0.25, 0.3) is 26.8 Å². The lowest BCUT2D eigenvalue weighted by atomic mass is 10.1. The predicted molar refractivity (Wildman–Crippen MR) is 293 cm³/mol. The van der Waals surface area contributed by atoms with E-state index in [-0.39, 0.29) is 53.6 Å². The fraction of sp³-hybridized carbons (Fsp3) is 0.350. The molecule has 2 aromatic carbocycles. The second-order valence-electron chi connectivity index (χ2n) is 17.7. The predicted octanol–water partition coefficient (Wildman–Crippen LogP) is -6.84. The zero-order chi connectivity index (χ0) is 68.5. The number of nitrogens with zero attached hydrogens (tertiary/aromatic N) is 7. The zero-order valence-corrected chi connectivity index (χ0v) is 50.9. The Labute approximate surface area is 510 Å². The van der Waals surface area contributed by atoms with Crippen molar-refractivity contribution in [3.63, 3.8) is 0 Å². The molecule has 92 heavy (non-hydrogen) atoms. The van der Waals surface area contributed by atoms with Crippen LogP contribution in [0.4, 0.5) is 17.6 Å². The molecular formula is C40H50N14O32P6-6. The molecule has 0 saturated carbocycles. The van der Waals surface area contributed by atoms with Crippen molar-refractivity contribution in [3.05, 3.63) is 108 Å². The molecule has 46 nitrogen and oxygen atoms in total. The SMILES string of the molecule is C.CNc1ccccc1C(C)=O.Cn1c(=O)oc(=O)c2ccccc21.Nc1nc2c(ncn2[C@@H]2O[C@H](COP(=O)([O-])OP(=O)([O-])NP(=O)([O-])O)C(O)[C@@H]2O)c(=O)[nH]1.Nc1nc2c(ncn2[C@@H]2O[C@H](COP(=O)([O-])OP(=O)([O-])NP(=O)([O-])O)C(O)[C@@H]2O)c(=O)[nH]1.O=C=O. The molecule has 0 bridgehead atoms. The number of rotatable bonds is 18. The number of para-hydroxylation sites is 2. The number of Topliss-reactive ketones (excluding diaryl/α,β-unsaturated/α-hetero) is 1. The van der Waals surface area contributed by atoms with Gasteiger partial charge in [0.05, 0.1) is 36.8 Å². The Hall–Kier alpha value is -6.89. The van der Waals surface area contributed by atoms with E-state index >= 15 is 0 Å². The van der Waals surface area contributed by atoms with Crippen LogP contribution in [0, 0.1) is 0 Å². The molecule has 508 valence electrons. The first-order valence-corrected chi connectivity index (χ1v) is 33.2. The summed E-state index contributed by atoms with van der Waals surface area (Å²) in [6.45, 7) is -0.616. The number of aryl methyl sites for hydroxylation is 1. The summed E-state index contributed by atoms with van der Waals surface area (Å²) < 4.78 is 101. The number of nitrogens with two attached hydrogens (primary N) is 2. The van der Waals surface area contributed by atoms with Crippen molar-refractivity contribution in [1.29, 1.82) is 0 Å². The molecule has 8 unspecified atom stereocenters. The Morgan fingerprint density at radius 1 is 0.685 bits per heavy atom. The maximum atomic E-state index is 11.8. The molecule has 52 heteroatoms. The summed E-state index contributed by atoms with van der Waals surface area (Å²) in [5.74, 6) is -1.12. The van der Waals surface area contributed by atoms with E-state index in [2.05, 4.69) is 57.3 Å². The van der Waals surface area contributed by atoms with Crippen LogP contribution in [0.15, 0.2) is 84.8 Å². The highest BCUT2D eigenvalue weighted by Crippen LogP contribution is 2.57. The summed E-state index contributed by atoms with van der Waals surface area (Å²) in [4.78, 5) is 178. The lowest BCUT2D eigenvalue weighted by molar-refractivity contribution is -0.238. The van der Waals surface area contributed by atoms with Crippen molar-refractivity contribution in [3.8, 4) is 0 Å². The summed E-state index contributed by atoms with van der Waals surface area (Å²) in [5.41, 5.74) is 10.5. The van der Waals surface area contributed by atoms with Gasteiger partial charge in [-0.3, -0.25) is 74.1 Å². The van der Waals surface area contributed by atoms with E-state index in [1.165, 1.54) is 4.57 Å². The number of nitrogen functional groups attached to an aromatic ring is 2. The molecule has 14 atom stereocenters. The number of aliphatic hydroxyl groups excluding tert-OH is 4. The number of aliphatic hydroxyl groups is 4. The van der Waals surface area contributed by atoms with Gasteiger partial charge in [-0.25, -0.2) is 19.6 Å². The molecule has 9 rings (SSSR count). The number of imidazole rings is 2.